The Bertz CT molecular complexity index is 965. The van der Waals surface area contributed by atoms with Crippen LogP contribution in [-0.2, 0) is 4.79 Å². The molecular formula is C24H27N3O3. The van der Waals surface area contributed by atoms with Crippen molar-refractivity contribution < 1.29 is 14.3 Å². The highest BCUT2D eigenvalue weighted by molar-refractivity contribution is 5.80. The fraction of sp³-hybridized carbons (Fsp3) is 0.292. The molecule has 0 radical (unpaired) electrons. The highest BCUT2D eigenvalue weighted by Crippen LogP contribution is 2.19. The fourth-order valence-electron chi connectivity index (χ4n) is 3.01. The Hall–Kier alpha value is -3.41. The second kappa shape index (κ2) is 9.87. The minimum absolute atomic E-state index is 0.196. The van der Waals surface area contributed by atoms with Crippen LogP contribution in [0.4, 0.5) is 0 Å². The lowest BCUT2D eigenvalue weighted by Crippen LogP contribution is -2.38. The highest BCUT2D eigenvalue weighted by Gasteiger charge is 2.14. The molecule has 0 fully saturated rings. The van der Waals surface area contributed by atoms with Crippen LogP contribution < -0.4 is 14.8 Å². The topological polar surface area (TPSA) is 73.3 Å². The van der Waals surface area contributed by atoms with Crippen LogP contribution in [0, 0.1) is 20.8 Å². The number of rotatable bonds is 8. The van der Waals surface area contributed by atoms with Crippen LogP contribution in [0.15, 0.2) is 54.6 Å². The summed E-state index contributed by atoms with van der Waals surface area (Å²) >= 11 is 0. The number of nitrogens with one attached hydrogen (secondary N) is 1. The third kappa shape index (κ3) is 6.04. The summed E-state index contributed by atoms with van der Waals surface area (Å²) in [5.41, 5.74) is 5.18. The van der Waals surface area contributed by atoms with Crippen LogP contribution >= 0.6 is 0 Å². The molecule has 1 atom stereocenters. The zero-order valence-electron chi connectivity index (χ0n) is 17.8. The average molecular weight is 405 g/mol. The number of hydrogen-bond donors (Lipinski definition) is 1. The van der Waals surface area contributed by atoms with E-state index in [0.29, 0.717) is 24.8 Å². The van der Waals surface area contributed by atoms with Gasteiger partial charge in [0.25, 0.3) is 5.91 Å². The Morgan fingerprint density at radius 1 is 0.933 bits per heavy atom. The lowest BCUT2D eigenvalue weighted by Gasteiger charge is -2.15. The van der Waals surface area contributed by atoms with Gasteiger partial charge in [-0.15, -0.1) is 10.2 Å². The van der Waals surface area contributed by atoms with Gasteiger partial charge in [-0.05, 0) is 57.0 Å². The van der Waals surface area contributed by atoms with Crippen molar-refractivity contribution in [2.24, 2.45) is 0 Å². The number of carbonyl (C=O) groups excluding carboxylic acids is 1. The molecule has 6 heteroatoms. The van der Waals surface area contributed by atoms with Gasteiger partial charge in [0.05, 0.1) is 12.2 Å². The third-order valence-electron chi connectivity index (χ3n) is 4.52. The Morgan fingerprint density at radius 2 is 1.63 bits per heavy atom. The van der Waals surface area contributed by atoms with Gasteiger partial charge in [-0.1, -0.05) is 35.9 Å². The molecule has 1 N–H and O–H groups in total. The van der Waals surface area contributed by atoms with Gasteiger partial charge in [-0.2, -0.15) is 0 Å². The third-order valence-corrected chi connectivity index (χ3v) is 4.52. The highest BCUT2D eigenvalue weighted by atomic mass is 16.5. The monoisotopic (exact) mass is 405 g/mol. The molecule has 3 rings (SSSR count). The Morgan fingerprint density at radius 3 is 2.27 bits per heavy atom. The molecule has 6 nitrogen and oxygen atoms in total. The molecule has 0 spiro atoms. The van der Waals surface area contributed by atoms with Crippen molar-refractivity contribution in [3.05, 3.63) is 71.3 Å². The van der Waals surface area contributed by atoms with E-state index in [-0.39, 0.29) is 5.91 Å². The lowest BCUT2D eigenvalue weighted by atomic mass is 10.1. The summed E-state index contributed by atoms with van der Waals surface area (Å²) in [6.45, 7) is 8.41. The second-order valence-corrected chi connectivity index (χ2v) is 7.35. The molecule has 1 unspecified atom stereocenters. The van der Waals surface area contributed by atoms with Crippen molar-refractivity contribution in [3.63, 3.8) is 0 Å². The molecule has 0 saturated heterocycles. The molecule has 1 aromatic heterocycles. The van der Waals surface area contributed by atoms with Gasteiger partial charge in [0.1, 0.15) is 12.4 Å². The van der Waals surface area contributed by atoms with Gasteiger partial charge in [0.15, 0.2) is 6.10 Å². The number of aromatic nitrogens is 2. The first-order valence-electron chi connectivity index (χ1n) is 9.97. The summed E-state index contributed by atoms with van der Waals surface area (Å²) in [7, 11) is 0. The van der Waals surface area contributed by atoms with Crippen LogP contribution in [0.5, 0.6) is 11.6 Å². The molecule has 0 aliphatic rings. The van der Waals surface area contributed by atoms with E-state index in [1.165, 1.54) is 5.56 Å². The summed E-state index contributed by atoms with van der Waals surface area (Å²) in [6, 6.07) is 17.6. The van der Waals surface area contributed by atoms with E-state index in [1.807, 2.05) is 63.2 Å². The maximum absolute atomic E-state index is 12.2. The van der Waals surface area contributed by atoms with E-state index < -0.39 is 6.10 Å². The molecule has 0 saturated carbocycles. The van der Waals surface area contributed by atoms with E-state index in [1.54, 1.807) is 13.0 Å². The quantitative estimate of drug-likeness (QED) is 0.573. The Kier molecular flexibility index (Phi) is 7.01. The summed E-state index contributed by atoms with van der Waals surface area (Å²) in [5.74, 6) is 0.911. The molecule has 0 aliphatic carbocycles. The van der Waals surface area contributed by atoms with Crippen molar-refractivity contribution in [1.82, 2.24) is 15.5 Å². The first kappa shape index (κ1) is 21.3. The number of carbonyl (C=O) groups is 1. The molecular weight excluding hydrogens is 378 g/mol. The van der Waals surface area contributed by atoms with Crippen molar-refractivity contribution in [2.75, 3.05) is 13.2 Å². The van der Waals surface area contributed by atoms with E-state index >= 15 is 0 Å². The van der Waals surface area contributed by atoms with Gasteiger partial charge >= 0.3 is 0 Å². The number of aryl methyl sites for hydroxylation is 3. The van der Waals surface area contributed by atoms with Crippen molar-refractivity contribution in [1.29, 1.82) is 0 Å². The van der Waals surface area contributed by atoms with Crippen LogP contribution in [0.1, 0.15) is 23.6 Å². The molecule has 3 aromatic rings. The smallest absolute Gasteiger partial charge is 0.260 e. The fourth-order valence-corrected chi connectivity index (χ4v) is 3.01. The molecule has 1 amide bonds. The Labute approximate surface area is 177 Å². The molecule has 156 valence electrons. The zero-order chi connectivity index (χ0) is 21.5. The van der Waals surface area contributed by atoms with E-state index in [0.717, 1.165) is 22.4 Å². The number of ether oxygens (including phenoxy) is 2. The average Bonchev–Trinajstić information content (AvgIpc) is 2.71. The largest absolute Gasteiger partial charge is 0.481 e. The zero-order valence-corrected chi connectivity index (χ0v) is 17.8. The van der Waals surface area contributed by atoms with E-state index in [2.05, 4.69) is 21.6 Å². The number of hydrogen-bond acceptors (Lipinski definition) is 5. The van der Waals surface area contributed by atoms with Crippen LogP contribution in [0.3, 0.4) is 0 Å². The first-order valence-corrected chi connectivity index (χ1v) is 9.97. The Balaban J connectivity index is 1.42. The van der Waals surface area contributed by atoms with Gasteiger partial charge in [0.2, 0.25) is 5.88 Å². The minimum atomic E-state index is -0.597. The molecule has 0 aliphatic heterocycles. The minimum Gasteiger partial charge on any atom is -0.481 e. The summed E-state index contributed by atoms with van der Waals surface area (Å²) < 4.78 is 11.3. The van der Waals surface area contributed by atoms with Crippen LogP contribution in [-0.4, -0.2) is 35.4 Å². The van der Waals surface area contributed by atoms with E-state index in [9.17, 15) is 4.79 Å². The van der Waals surface area contributed by atoms with Crippen LogP contribution in [0.25, 0.3) is 11.3 Å². The normalized spacial score (nSPS) is 11.6. The summed E-state index contributed by atoms with van der Waals surface area (Å²) in [6.07, 6.45) is -0.597. The maximum Gasteiger partial charge on any atom is 0.260 e. The molecule has 30 heavy (non-hydrogen) atoms. The predicted octanol–water partition coefficient (Wildman–Crippen LogP) is 4.03. The number of nitrogens with zero attached hydrogens (tertiary/aromatic N) is 2. The van der Waals surface area contributed by atoms with Crippen molar-refractivity contribution >= 4 is 5.91 Å². The summed E-state index contributed by atoms with van der Waals surface area (Å²) in [5, 5.41) is 11.1. The molecule has 2 aromatic carbocycles. The summed E-state index contributed by atoms with van der Waals surface area (Å²) in [4.78, 5) is 12.2. The van der Waals surface area contributed by atoms with Crippen molar-refractivity contribution in [2.45, 2.75) is 33.8 Å². The van der Waals surface area contributed by atoms with Gasteiger partial charge in [-0.25, -0.2) is 0 Å². The SMILES string of the molecule is Cc1ccc(-c2ccc(OCCNC(=O)C(C)Oc3cc(C)cc(C)c3)nn2)cc1. The molecule has 1 heterocycles. The van der Waals surface area contributed by atoms with Gasteiger partial charge in [-0.3, -0.25) is 4.79 Å². The molecule has 0 bridgehead atoms. The van der Waals surface area contributed by atoms with Gasteiger partial charge < -0.3 is 14.8 Å². The standard InChI is InChI=1S/C24H27N3O3/c1-16-5-7-20(8-6-16)22-9-10-23(27-26-22)29-12-11-25-24(28)19(4)30-21-14-17(2)13-18(3)15-21/h5-10,13-15,19H,11-12H2,1-4H3,(H,25,28). The van der Waals surface area contributed by atoms with E-state index in [4.69, 9.17) is 9.47 Å². The number of benzene rings is 2. The van der Waals surface area contributed by atoms with Crippen molar-refractivity contribution in [3.8, 4) is 22.9 Å². The maximum atomic E-state index is 12.2. The number of amides is 1. The van der Waals surface area contributed by atoms with Gasteiger partial charge in [0, 0.05) is 11.6 Å². The van der Waals surface area contributed by atoms with Crippen LogP contribution in [0.2, 0.25) is 0 Å². The lowest BCUT2D eigenvalue weighted by molar-refractivity contribution is -0.127. The first-order chi connectivity index (χ1) is 14.4. The predicted molar refractivity (Wildman–Crippen MR) is 117 cm³/mol. The second-order valence-electron chi connectivity index (χ2n) is 7.35.